The molecule has 0 aliphatic rings. The lowest BCUT2D eigenvalue weighted by Crippen LogP contribution is -2.54. The van der Waals surface area contributed by atoms with Crippen molar-refractivity contribution in [2.24, 2.45) is 0 Å². The summed E-state index contributed by atoms with van der Waals surface area (Å²) in [6, 6.07) is 5.18. The lowest BCUT2D eigenvalue weighted by Gasteiger charge is -2.39. The number of hydrogen-bond acceptors (Lipinski definition) is 8. The number of hydrogen-bond donors (Lipinski definition) is 3. The van der Waals surface area contributed by atoms with Crippen LogP contribution in [-0.2, 0) is 14.6 Å². The van der Waals surface area contributed by atoms with Gasteiger partial charge in [-0.15, -0.1) is 0 Å². The fourth-order valence-corrected chi connectivity index (χ4v) is 3.97. The molecule has 1 unspecified atom stereocenters. The molecule has 1 aromatic rings. The summed E-state index contributed by atoms with van der Waals surface area (Å²) in [5.41, 5.74) is 12.7. The van der Waals surface area contributed by atoms with E-state index in [-0.39, 0.29) is 13.2 Å². The zero-order chi connectivity index (χ0) is 23.9. The minimum absolute atomic E-state index is 0.0220. The van der Waals surface area contributed by atoms with Crippen LogP contribution in [0.15, 0.2) is 18.2 Å². The van der Waals surface area contributed by atoms with Gasteiger partial charge in [0.25, 0.3) is 0 Å². The van der Waals surface area contributed by atoms with Gasteiger partial charge in [-0.1, -0.05) is 27.7 Å². The summed E-state index contributed by atoms with van der Waals surface area (Å²) in [6.45, 7) is 12.6. The number of nitrogens with zero attached hydrogens (tertiary/aromatic N) is 1. The first-order valence-corrected chi connectivity index (χ1v) is 12.3. The average Bonchev–Trinajstić information content (AvgIpc) is 2.66. The van der Waals surface area contributed by atoms with E-state index in [9.17, 15) is 18.1 Å². The fraction of sp³-hybridized carbons (Fsp3) is 0.714. The maximum atomic E-state index is 10.5. The van der Waals surface area contributed by atoms with Crippen LogP contribution < -0.4 is 16.2 Å². The molecule has 5 N–H and O–H groups in total. The van der Waals surface area contributed by atoms with Gasteiger partial charge in [0.15, 0.2) is 0 Å². The molecule has 182 valence electrons. The minimum Gasteiger partial charge on any atom is -0.726 e. The molecule has 1 aromatic carbocycles. The van der Waals surface area contributed by atoms with Crippen molar-refractivity contribution >= 4 is 21.8 Å². The molecule has 0 aliphatic carbocycles. The summed E-state index contributed by atoms with van der Waals surface area (Å²) in [4.78, 5) is 0. The van der Waals surface area contributed by atoms with Gasteiger partial charge >= 0.3 is 0 Å². The highest BCUT2D eigenvalue weighted by Crippen LogP contribution is 2.24. The standard InChI is InChI=1S/C18H34N3O2.C3H8O4S/c1-4-9-21(10-5-2,11-6-3)13-16(22)14-23-18-8-7-15(19)12-17(18)20;1-2-3-7-8(4,5)6/h7-8,12,16,22H,4-6,9-11,13-14,19-20H2,1-3H3;2-3H2,1H3,(H,4,5,6)/q+1;/p-1. The van der Waals surface area contributed by atoms with Crippen LogP contribution in [0.2, 0.25) is 0 Å². The summed E-state index contributed by atoms with van der Waals surface area (Å²) in [5, 5.41) is 10.5. The number of benzene rings is 1. The number of aliphatic hydroxyl groups is 1. The van der Waals surface area contributed by atoms with Gasteiger partial charge in [-0.2, -0.15) is 0 Å². The molecular formula is C21H41N3O6S. The molecule has 0 spiro atoms. The molecule has 0 heterocycles. The zero-order valence-electron chi connectivity index (χ0n) is 19.4. The first-order valence-electron chi connectivity index (χ1n) is 10.9. The van der Waals surface area contributed by atoms with Crippen LogP contribution in [0.4, 0.5) is 11.4 Å². The third kappa shape index (κ3) is 13.4. The third-order valence-electron chi connectivity index (χ3n) is 4.59. The maximum absolute atomic E-state index is 10.5. The van der Waals surface area contributed by atoms with Crippen LogP contribution in [0.3, 0.4) is 0 Å². The quantitative estimate of drug-likeness (QED) is 0.165. The van der Waals surface area contributed by atoms with Crippen LogP contribution in [-0.4, -0.2) is 68.1 Å². The molecule has 1 atom stereocenters. The van der Waals surface area contributed by atoms with Crippen LogP contribution >= 0.6 is 0 Å². The Morgan fingerprint density at radius 2 is 1.58 bits per heavy atom. The number of ether oxygens (including phenoxy) is 1. The minimum atomic E-state index is -4.44. The second kappa shape index (κ2) is 15.3. The number of quaternary nitrogens is 1. The monoisotopic (exact) mass is 463 g/mol. The van der Waals surface area contributed by atoms with Crippen molar-refractivity contribution in [3.63, 3.8) is 0 Å². The molecule has 10 heteroatoms. The van der Waals surface area contributed by atoms with Crippen molar-refractivity contribution in [1.29, 1.82) is 0 Å². The number of nitrogen functional groups attached to an aromatic ring is 2. The first kappa shape index (κ1) is 29.4. The van der Waals surface area contributed by atoms with Gasteiger partial charge in [0.2, 0.25) is 10.4 Å². The molecule has 9 nitrogen and oxygen atoms in total. The second-order valence-corrected chi connectivity index (χ2v) is 8.74. The second-order valence-electron chi connectivity index (χ2n) is 7.69. The van der Waals surface area contributed by atoms with Gasteiger partial charge < -0.3 is 30.3 Å². The van der Waals surface area contributed by atoms with Crippen molar-refractivity contribution < 1.29 is 31.5 Å². The summed E-state index contributed by atoms with van der Waals surface area (Å²) < 4.78 is 39.3. The molecule has 0 amide bonds. The van der Waals surface area contributed by atoms with E-state index < -0.39 is 16.5 Å². The smallest absolute Gasteiger partial charge is 0.217 e. The molecule has 0 bridgehead atoms. The Labute approximate surface area is 187 Å². The number of aliphatic hydroxyl groups excluding tert-OH is 1. The van der Waals surface area contributed by atoms with E-state index >= 15 is 0 Å². The van der Waals surface area contributed by atoms with E-state index in [1.54, 1.807) is 25.1 Å². The van der Waals surface area contributed by atoms with Crippen LogP contribution in [0.25, 0.3) is 0 Å². The highest BCUT2D eigenvalue weighted by Gasteiger charge is 2.28. The third-order valence-corrected chi connectivity index (χ3v) is 5.04. The fourth-order valence-electron chi connectivity index (χ4n) is 3.60. The highest BCUT2D eigenvalue weighted by atomic mass is 32.3. The first-order chi connectivity index (χ1) is 14.5. The van der Waals surface area contributed by atoms with Crippen molar-refractivity contribution in [3.05, 3.63) is 18.2 Å². The van der Waals surface area contributed by atoms with Gasteiger partial charge in [-0.3, -0.25) is 4.18 Å². The van der Waals surface area contributed by atoms with Crippen molar-refractivity contribution in [1.82, 2.24) is 0 Å². The number of rotatable bonds is 14. The van der Waals surface area contributed by atoms with Crippen molar-refractivity contribution in [2.45, 2.75) is 59.5 Å². The van der Waals surface area contributed by atoms with E-state index in [1.165, 1.54) is 0 Å². The van der Waals surface area contributed by atoms with Gasteiger partial charge in [0, 0.05) is 5.69 Å². The molecule has 0 fully saturated rings. The largest absolute Gasteiger partial charge is 0.726 e. The number of nitrogens with two attached hydrogens (primary N) is 2. The average molecular weight is 464 g/mol. The van der Waals surface area contributed by atoms with Gasteiger partial charge in [0.05, 0.1) is 31.9 Å². The summed E-state index contributed by atoms with van der Waals surface area (Å²) in [7, 11) is -4.44. The summed E-state index contributed by atoms with van der Waals surface area (Å²) >= 11 is 0. The Hall–Kier alpha value is -1.59. The Bertz CT molecular complexity index is 698. The Kier molecular flexibility index (Phi) is 14.5. The van der Waals surface area contributed by atoms with Gasteiger partial charge in [-0.25, -0.2) is 8.42 Å². The van der Waals surface area contributed by atoms with Crippen LogP contribution in [0.5, 0.6) is 5.75 Å². The SMILES string of the molecule is CCCOS(=O)(=O)[O-].CCC[N+](CCC)(CCC)CC(O)COc1ccc(N)cc1N. The van der Waals surface area contributed by atoms with E-state index in [1.807, 2.05) is 0 Å². The Balaban J connectivity index is 0.000000954. The van der Waals surface area contributed by atoms with Crippen LogP contribution in [0, 0.1) is 0 Å². The maximum Gasteiger partial charge on any atom is 0.217 e. The molecule has 0 radical (unpaired) electrons. The lowest BCUT2D eigenvalue weighted by atomic mass is 10.2. The summed E-state index contributed by atoms with van der Waals surface area (Å²) in [5.74, 6) is 0.581. The van der Waals surface area contributed by atoms with Crippen LogP contribution in [0.1, 0.15) is 53.4 Å². The Morgan fingerprint density at radius 3 is 1.97 bits per heavy atom. The topological polar surface area (TPSA) is 148 Å². The Morgan fingerprint density at radius 1 is 1.03 bits per heavy atom. The van der Waals surface area contributed by atoms with Crippen molar-refractivity contribution in [2.75, 3.05) is 50.9 Å². The zero-order valence-corrected chi connectivity index (χ0v) is 20.2. The molecular weight excluding hydrogens is 422 g/mol. The van der Waals surface area contributed by atoms with E-state index in [4.69, 9.17) is 16.2 Å². The molecule has 31 heavy (non-hydrogen) atoms. The molecule has 0 saturated carbocycles. The van der Waals surface area contributed by atoms with E-state index in [0.717, 1.165) is 49.9 Å². The molecule has 0 aliphatic heterocycles. The molecule has 1 rings (SSSR count). The predicted molar refractivity (Wildman–Crippen MR) is 123 cm³/mol. The van der Waals surface area contributed by atoms with Gasteiger partial charge in [0.1, 0.15) is 25.0 Å². The molecule has 0 saturated heterocycles. The van der Waals surface area contributed by atoms with Crippen molar-refractivity contribution in [3.8, 4) is 5.75 Å². The van der Waals surface area contributed by atoms with Gasteiger partial charge in [-0.05, 0) is 43.9 Å². The highest BCUT2D eigenvalue weighted by molar-refractivity contribution is 7.80. The van der Waals surface area contributed by atoms with E-state index in [2.05, 4.69) is 25.0 Å². The lowest BCUT2D eigenvalue weighted by molar-refractivity contribution is -0.931. The normalized spacial score (nSPS) is 12.7. The molecule has 0 aromatic heterocycles. The number of anilines is 2. The predicted octanol–water partition coefficient (Wildman–Crippen LogP) is 2.51. The summed E-state index contributed by atoms with van der Waals surface area (Å²) in [6.07, 6.45) is 3.40. The van der Waals surface area contributed by atoms with E-state index in [0.29, 0.717) is 23.5 Å².